The second kappa shape index (κ2) is 9.42. The number of hydrogen-bond acceptors (Lipinski definition) is 5. The number of nitrogens with two attached hydrogens (primary N) is 1. The Hall–Kier alpha value is -2.53. The smallest absolute Gasteiger partial charge is 0.121 e. The van der Waals surface area contributed by atoms with E-state index in [1.165, 1.54) is 17.5 Å². The van der Waals surface area contributed by atoms with Crippen LogP contribution in [0.4, 0.5) is 11.4 Å². The highest BCUT2D eigenvalue weighted by molar-refractivity contribution is 5.85. The van der Waals surface area contributed by atoms with Crippen LogP contribution in [-0.4, -0.2) is 50.4 Å². The maximum Gasteiger partial charge on any atom is 0.121 e. The molecule has 3 N–H and O–H groups in total. The average Bonchev–Trinajstić information content (AvgIpc) is 2.69. The van der Waals surface area contributed by atoms with Crippen molar-refractivity contribution in [3.63, 3.8) is 0 Å². The second-order valence-corrected chi connectivity index (χ2v) is 7.11. The van der Waals surface area contributed by atoms with Gasteiger partial charge in [0.1, 0.15) is 5.75 Å². The summed E-state index contributed by atoms with van der Waals surface area (Å²) in [6, 6.07) is 14.1. The lowest BCUT2D eigenvalue weighted by Gasteiger charge is -2.36. The Labute approximate surface area is 162 Å². The topological polar surface area (TPSA) is 65.6 Å². The summed E-state index contributed by atoms with van der Waals surface area (Å²) < 4.78 is 5.78. The van der Waals surface area contributed by atoms with E-state index in [9.17, 15) is 0 Å². The molecule has 2 aromatic carbocycles. The molecule has 0 aliphatic carbocycles. The molecule has 1 aliphatic heterocycles. The number of nitrogens with zero attached hydrogens (tertiary/aromatic N) is 2. The van der Waals surface area contributed by atoms with Crippen LogP contribution in [0, 0.1) is 12.3 Å². The summed E-state index contributed by atoms with van der Waals surface area (Å²) in [6.45, 7) is 8.45. The molecule has 0 radical (unpaired) electrons. The molecular formula is C22H30N4O. The number of piperazine rings is 1. The minimum absolute atomic E-state index is 0.592. The SMILES string of the molecule is Cc1ccccc1N1CCN(CCCCOc2ccc(C=N)c(N)c2)CC1. The van der Waals surface area contributed by atoms with Gasteiger partial charge in [0.25, 0.3) is 0 Å². The number of benzene rings is 2. The molecule has 2 aromatic rings. The number of nitrogen functional groups attached to an aromatic ring is 1. The van der Waals surface area contributed by atoms with Gasteiger partial charge in [-0.25, -0.2) is 0 Å². The maximum atomic E-state index is 7.26. The predicted octanol–water partition coefficient (Wildman–Crippen LogP) is 3.56. The molecule has 1 fully saturated rings. The molecule has 5 nitrogen and oxygen atoms in total. The lowest BCUT2D eigenvalue weighted by atomic mass is 10.1. The van der Waals surface area contributed by atoms with Crippen molar-refractivity contribution in [2.24, 2.45) is 0 Å². The number of aryl methyl sites for hydroxylation is 1. The summed E-state index contributed by atoms with van der Waals surface area (Å²) in [4.78, 5) is 5.04. The molecule has 3 rings (SSSR count). The quantitative estimate of drug-likeness (QED) is 0.426. The normalized spacial score (nSPS) is 14.9. The summed E-state index contributed by atoms with van der Waals surface area (Å²) in [5.41, 5.74) is 9.93. The first kappa shape index (κ1) is 19.2. The van der Waals surface area contributed by atoms with Crippen LogP contribution in [0.1, 0.15) is 24.0 Å². The maximum absolute atomic E-state index is 7.26. The molecule has 0 amide bonds. The third-order valence-electron chi connectivity index (χ3n) is 5.18. The van der Waals surface area contributed by atoms with E-state index in [0.29, 0.717) is 12.3 Å². The average molecular weight is 367 g/mol. The fraction of sp³-hybridized carbons (Fsp3) is 0.409. The standard InChI is InChI=1S/C22H30N4O/c1-18-6-2-3-7-22(18)26-13-11-25(12-14-26)10-4-5-15-27-20-9-8-19(17-23)21(24)16-20/h2-3,6-9,16-17,23H,4-5,10-15,24H2,1H3. The first-order valence-corrected chi connectivity index (χ1v) is 9.73. The van der Waals surface area contributed by atoms with Crippen LogP contribution in [-0.2, 0) is 0 Å². The minimum atomic E-state index is 0.592. The summed E-state index contributed by atoms with van der Waals surface area (Å²) in [6.07, 6.45) is 3.43. The van der Waals surface area contributed by atoms with Crippen LogP contribution in [0.15, 0.2) is 42.5 Å². The van der Waals surface area contributed by atoms with Crippen molar-refractivity contribution in [2.45, 2.75) is 19.8 Å². The van der Waals surface area contributed by atoms with Gasteiger partial charge in [-0.3, -0.25) is 4.90 Å². The Balaban J connectivity index is 1.33. The lowest BCUT2D eigenvalue weighted by Crippen LogP contribution is -2.46. The largest absolute Gasteiger partial charge is 0.494 e. The van der Waals surface area contributed by atoms with Gasteiger partial charge >= 0.3 is 0 Å². The zero-order valence-electron chi connectivity index (χ0n) is 16.2. The molecular weight excluding hydrogens is 336 g/mol. The molecule has 144 valence electrons. The van der Waals surface area contributed by atoms with Crippen molar-refractivity contribution in [2.75, 3.05) is 50.0 Å². The van der Waals surface area contributed by atoms with Crippen LogP contribution in [0.25, 0.3) is 0 Å². The first-order chi connectivity index (χ1) is 13.2. The van der Waals surface area contributed by atoms with Gasteiger partial charge in [0.15, 0.2) is 0 Å². The predicted molar refractivity (Wildman–Crippen MR) is 113 cm³/mol. The number of nitrogens with one attached hydrogen (secondary N) is 1. The van der Waals surface area contributed by atoms with Crippen molar-refractivity contribution >= 4 is 17.6 Å². The van der Waals surface area contributed by atoms with E-state index in [1.54, 1.807) is 6.07 Å². The summed E-state index contributed by atoms with van der Waals surface area (Å²) in [7, 11) is 0. The molecule has 0 saturated carbocycles. The van der Waals surface area contributed by atoms with E-state index in [2.05, 4.69) is 41.0 Å². The van der Waals surface area contributed by atoms with E-state index in [0.717, 1.165) is 56.9 Å². The Morgan fingerprint density at radius 2 is 1.85 bits per heavy atom. The van der Waals surface area contributed by atoms with Gasteiger partial charge in [-0.05, 0) is 50.1 Å². The van der Waals surface area contributed by atoms with E-state index in [1.807, 2.05) is 12.1 Å². The molecule has 1 heterocycles. The monoisotopic (exact) mass is 366 g/mol. The molecule has 1 saturated heterocycles. The molecule has 0 atom stereocenters. The van der Waals surface area contributed by atoms with Crippen LogP contribution in [0.2, 0.25) is 0 Å². The molecule has 27 heavy (non-hydrogen) atoms. The van der Waals surface area contributed by atoms with Crippen LogP contribution < -0.4 is 15.4 Å². The van der Waals surface area contributed by atoms with E-state index >= 15 is 0 Å². The molecule has 5 heteroatoms. The molecule has 0 spiro atoms. The number of ether oxygens (including phenoxy) is 1. The molecule has 1 aliphatic rings. The minimum Gasteiger partial charge on any atom is -0.494 e. The van der Waals surface area contributed by atoms with Gasteiger partial charge in [-0.15, -0.1) is 0 Å². The van der Waals surface area contributed by atoms with Crippen LogP contribution in [0.3, 0.4) is 0 Å². The van der Waals surface area contributed by atoms with E-state index in [-0.39, 0.29) is 0 Å². The van der Waals surface area contributed by atoms with Crippen molar-refractivity contribution < 1.29 is 4.74 Å². The number of unbranched alkanes of at least 4 members (excludes halogenated alkanes) is 1. The fourth-order valence-corrected chi connectivity index (χ4v) is 3.53. The Kier molecular flexibility index (Phi) is 6.71. The Morgan fingerprint density at radius 1 is 1.07 bits per heavy atom. The van der Waals surface area contributed by atoms with Gasteiger partial charge < -0.3 is 20.8 Å². The van der Waals surface area contributed by atoms with Gasteiger partial charge in [0, 0.05) is 55.4 Å². The first-order valence-electron chi connectivity index (χ1n) is 9.73. The van der Waals surface area contributed by atoms with E-state index in [4.69, 9.17) is 15.9 Å². The van der Waals surface area contributed by atoms with Gasteiger partial charge in [-0.2, -0.15) is 0 Å². The third-order valence-corrected chi connectivity index (χ3v) is 5.18. The highest BCUT2D eigenvalue weighted by Gasteiger charge is 2.17. The van der Waals surface area contributed by atoms with Crippen LogP contribution >= 0.6 is 0 Å². The summed E-state index contributed by atoms with van der Waals surface area (Å²) >= 11 is 0. The number of para-hydroxylation sites is 1. The fourth-order valence-electron chi connectivity index (χ4n) is 3.53. The Bertz CT molecular complexity index is 754. The molecule has 0 bridgehead atoms. The van der Waals surface area contributed by atoms with E-state index < -0.39 is 0 Å². The zero-order chi connectivity index (χ0) is 19.1. The number of anilines is 2. The van der Waals surface area contributed by atoms with Crippen molar-refractivity contribution in [3.05, 3.63) is 53.6 Å². The second-order valence-electron chi connectivity index (χ2n) is 7.11. The summed E-state index contributed by atoms with van der Waals surface area (Å²) in [5, 5.41) is 7.26. The van der Waals surface area contributed by atoms with Gasteiger partial charge in [0.05, 0.1) is 6.61 Å². The van der Waals surface area contributed by atoms with Crippen molar-refractivity contribution in [1.82, 2.24) is 4.90 Å². The zero-order valence-corrected chi connectivity index (χ0v) is 16.2. The lowest BCUT2D eigenvalue weighted by molar-refractivity contribution is 0.238. The highest BCUT2D eigenvalue weighted by Crippen LogP contribution is 2.21. The van der Waals surface area contributed by atoms with Crippen molar-refractivity contribution in [3.8, 4) is 5.75 Å². The molecule has 0 aromatic heterocycles. The highest BCUT2D eigenvalue weighted by atomic mass is 16.5. The van der Waals surface area contributed by atoms with Crippen molar-refractivity contribution in [1.29, 1.82) is 5.41 Å². The number of hydrogen-bond donors (Lipinski definition) is 2. The van der Waals surface area contributed by atoms with Gasteiger partial charge in [0.2, 0.25) is 0 Å². The molecule has 0 unspecified atom stereocenters. The number of rotatable bonds is 8. The summed E-state index contributed by atoms with van der Waals surface area (Å²) in [5.74, 6) is 0.782. The van der Waals surface area contributed by atoms with Crippen LogP contribution in [0.5, 0.6) is 5.75 Å². The van der Waals surface area contributed by atoms with Gasteiger partial charge in [-0.1, -0.05) is 18.2 Å². The third kappa shape index (κ3) is 5.23. The Morgan fingerprint density at radius 3 is 2.56 bits per heavy atom.